The molecule has 0 aromatic heterocycles. The third-order valence-corrected chi connectivity index (χ3v) is 6.12. The van der Waals surface area contributed by atoms with E-state index in [2.05, 4.69) is 4.90 Å². The van der Waals surface area contributed by atoms with Crippen molar-refractivity contribution in [2.45, 2.75) is 29.7 Å². The Morgan fingerprint density at radius 3 is 2.76 bits per heavy atom. The summed E-state index contributed by atoms with van der Waals surface area (Å²) in [4.78, 5) is 1.83. The Kier molecular flexibility index (Phi) is 5.24. The largest absolute Gasteiger partial charge is 0.302 e. The van der Waals surface area contributed by atoms with Crippen molar-refractivity contribution in [3.63, 3.8) is 0 Å². The molecule has 0 aliphatic carbocycles. The van der Waals surface area contributed by atoms with Crippen molar-refractivity contribution in [1.82, 2.24) is 9.21 Å². The molecule has 1 heterocycles. The summed E-state index contributed by atoms with van der Waals surface area (Å²) < 4.78 is 40.2. The number of benzene rings is 1. The van der Waals surface area contributed by atoms with Crippen LogP contribution in [0.15, 0.2) is 23.1 Å². The van der Waals surface area contributed by atoms with Gasteiger partial charge in [-0.15, -0.1) is 11.6 Å². The first-order chi connectivity index (χ1) is 9.86. The predicted octanol–water partition coefficient (Wildman–Crippen LogP) is 2.28. The molecular formula is C14H20ClFN2O2S. The van der Waals surface area contributed by atoms with E-state index in [9.17, 15) is 12.8 Å². The summed E-state index contributed by atoms with van der Waals surface area (Å²) in [5.74, 6) is -0.590. The lowest BCUT2D eigenvalue weighted by Crippen LogP contribution is -2.39. The minimum absolute atomic E-state index is 0.151. The summed E-state index contributed by atoms with van der Waals surface area (Å²) >= 11 is 5.70. The zero-order valence-electron chi connectivity index (χ0n) is 12.2. The van der Waals surface area contributed by atoms with Crippen LogP contribution < -0.4 is 0 Å². The number of hydrogen-bond acceptors (Lipinski definition) is 3. The summed E-state index contributed by atoms with van der Waals surface area (Å²) in [6.07, 6.45) is 2.02. The van der Waals surface area contributed by atoms with Crippen molar-refractivity contribution in [3.8, 4) is 0 Å². The molecule has 1 aromatic carbocycles. The van der Waals surface area contributed by atoms with Gasteiger partial charge in [-0.3, -0.25) is 0 Å². The number of alkyl halides is 1. The van der Waals surface area contributed by atoms with E-state index in [0.717, 1.165) is 25.5 Å². The molecule has 0 spiro atoms. The molecule has 1 aromatic rings. The van der Waals surface area contributed by atoms with Crippen molar-refractivity contribution >= 4 is 21.6 Å². The van der Waals surface area contributed by atoms with Crippen LogP contribution >= 0.6 is 11.6 Å². The lowest BCUT2D eigenvalue weighted by molar-refractivity contribution is 0.270. The maximum atomic E-state index is 13.9. The van der Waals surface area contributed by atoms with Crippen LogP contribution in [-0.2, 0) is 15.9 Å². The van der Waals surface area contributed by atoms with E-state index < -0.39 is 15.8 Å². The maximum absolute atomic E-state index is 13.9. The van der Waals surface area contributed by atoms with Gasteiger partial charge in [-0.25, -0.2) is 12.8 Å². The van der Waals surface area contributed by atoms with Gasteiger partial charge < -0.3 is 4.90 Å². The van der Waals surface area contributed by atoms with Crippen LogP contribution in [0, 0.1) is 5.82 Å². The lowest BCUT2D eigenvalue weighted by atomic mass is 10.2. The highest BCUT2D eigenvalue weighted by Gasteiger charge is 2.29. The smallest absolute Gasteiger partial charge is 0.245 e. The fourth-order valence-corrected chi connectivity index (χ4v) is 4.09. The molecule has 1 atom stereocenters. The average Bonchev–Trinajstić information content (AvgIpc) is 2.84. The van der Waals surface area contributed by atoms with E-state index >= 15 is 0 Å². The molecule has 0 saturated carbocycles. The zero-order valence-corrected chi connectivity index (χ0v) is 13.8. The van der Waals surface area contributed by atoms with Gasteiger partial charge in [0, 0.05) is 25.5 Å². The zero-order chi connectivity index (χ0) is 15.6. The normalized spacial score (nSPS) is 20.3. The van der Waals surface area contributed by atoms with E-state index in [-0.39, 0.29) is 16.8 Å². The molecule has 0 amide bonds. The van der Waals surface area contributed by atoms with Gasteiger partial charge in [0.25, 0.3) is 0 Å². The van der Waals surface area contributed by atoms with E-state index in [0.29, 0.717) is 12.1 Å². The Labute approximate surface area is 130 Å². The van der Waals surface area contributed by atoms with Gasteiger partial charge in [0.1, 0.15) is 10.7 Å². The molecule has 1 unspecified atom stereocenters. The van der Waals surface area contributed by atoms with Crippen molar-refractivity contribution in [1.29, 1.82) is 0 Å². The second-order valence-electron chi connectivity index (χ2n) is 5.46. The molecule has 118 valence electrons. The molecule has 21 heavy (non-hydrogen) atoms. The van der Waals surface area contributed by atoms with Crippen molar-refractivity contribution < 1.29 is 12.8 Å². The van der Waals surface area contributed by atoms with E-state index in [1.54, 1.807) is 0 Å². The van der Waals surface area contributed by atoms with Gasteiger partial charge in [-0.2, -0.15) is 4.31 Å². The van der Waals surface area contributed by atoms with Crippen molar-refractivity contribution in [3.05, 3.63) is 29.6 Å². The van der Waals surface area contributed by atoms with Crippen LogP contribution in [0.25, 0.3) is 0 Å². The summed E-state index contributed by atoms with van der Waals surface area (Å²) in [6.45, 7) is 1.33. The highest BCUT2D eigenvalue weighted by Crippen LogP contribution is 2.23. The summed E-state index contributed by atoms with van der Waals surface area (Å²) in [6, 6.07) is 4.14. The Morgan fingerprint density at radius 2 is 2.19 bits per heavy atom. The molecule has 0 bridgehead atoms. The molecule has 0 radical (unpaired) electrons. The van der Waals surface area contributed by atoms with Gasteiger partial charge >= 0.3 is 0 Å². The van der Waals surface area contributed by atoms with Crippen LogP contribution in [-0.4, -0.2) is 50.8 Å². The molecule has 4 nitrogen and oxygen atoms in total. The number of hydrogen-bond donors (Lipinski definition) is 0. The third-order valence-electron chi connectivity index (χ3n) is 3.98. The Balaban J connectivity index is 2.24. The SMILES string of the molecule is CN1CCCC1CN(C)S(=O)(=O)c1cc(CCl)ccc1F. The minimum Gasteiger partial charge on any atom is -0.302 e. The summed E-state index contributed by atoms with van der Waals surface area (Å²) in [5.41, 5.74) is 0.586. The van der Waals surface area contributed by atoms with Crippen molar-refractivity contribution in [2.75, 3.05) is 27.2 Å². The van der Waals surface area contributed by atoms with Crippen LogP contribution in [0.2, 0.25) is 0 Å². The van der Waals surface area contributed by atoms with E-state index in [4.69, 9.17) is 11.6 Å². The molecule has 1 aliphatic rings. The number of sulfonamides is 1. The molecule has 0 N–H and O–H groups in total. The van der Waals surface area contributed by atoms with Crippen LogP contribution in [0.1, 0.15) is 18.4 Å². The Hall–Kier alpha value is -0.690. The van der Waals surface area contributed by atoms with Crippen LogP contribution in [0.5, 0.6) is 0 Å². The standard InChI is InChI=1S/C14H20ClFN2O2S/c1-17-7-3-4-12(17)10-18(2)21(19,20)14-8-11(9-15)5-6-13(14)16/h5-6,8,12H,3-4,7,9-10H2,1-2H3. The molecular weight excluding hydrogens is 315 g/mol. The second kappa shape index (κ2) is 6.60. The molecule has 1 saturated heterocycles. The van der Waals surface area contributed by atoms with Crippen LogP contribution in [0.3, 0.4) is 0 Å². The fraction of sp³-hybridized carbons (Fsp3) is 0.571. The fourth-order valence-electron chi connectivity index (χ4n) is 2.60. The predicted molar refractivity (Wildman–Crippen MR) is 81.4 cm³/mol. The summed E-state index contributed by atoms with van der Waals surface area (Å²) in [7, 11) is -0.367. The molecule has 1 fully saturated rings. The first kappa shape index (κ1) is 16.7. The van der Waals surface area contributed by atoms with E-state index in [1.807, 2.05) is 7.05 Å². The number of likely N-dealkylation sites (N-methyl/N-ethyl adjacent to an activating group) is 2. The number of halogens is 2. The van der Waals surface area contributed by atoms with Crippen molar-refractivity contribution in [2.24, 2.45) is 0 Å². The highest BCUT2D eigenvalue weighted by molar-refractivity contribution is 7.89. The Bertz CT molecular complexity index is 609. The highest BCUT2D eigenvalue weighted by atomic mass is 35.5. The number of likely N-dealkylation sites (tertiary alicyclic amines) is 1. The number of rotatable bonds is 5. The van der Waals surface area contributed by atoms with E-state index in [1.165, 1.54) is 23.5 Å². The monoisotopic (exact) mass is 334 g/mol. The summed E-state index contributed by atoms with van der Waals surface area (Å²) in [5, 5.41) is 0. The van der Waals surface area contributed by atoms with Gasteiger partial charge in [0.2, 0.25) is 10.0 Å². The van der Waals surface area contributed by atoms with Crippen LogP contribution in [0.4, 0.5) is 4.39 Å². The quantitative estimate of drug-likeness (QED) is 0.776. The average molecular weight is 335 g/mol. The van der Waals surface area contributed by atoms with Gasteiger partial charge in [0.05, 0.1) is 0 Å². The van der Waals surface area contributed by atoms with Gasteiger partial charge in [0.15, 0.2) is 0 Å². The first-order valence-corrected chi connectivity index (χ1v) is 8.84. The third kappa shape index (κ3) is 3.56. The minimum atomic E-state index is -3.84. The molecule has 1 aliphatic heterocycles. The lowest BCUT2D eigenvalue weighted by Gasteiger charge is -2.25. The molecule has 2 rings (SSSR count). The Morgan fingerprint density at radius 1 is 1.48 bits per heavy atom. The maximum Gasteiger partial charge on any atom is 0.245 e. The number of nitrogens with zero attached hydrogens (tertiary/aromatic N) is 2. The van der Waals surface area contributed by atoms with Gasteiger partial charge in [-0.1, -0.05) is 6.07 Å². The second-order valence-corrected chi connectivity index (χ2v) is 7.74. The molecule has 7 heteroatoms. The van der Waals surface area contributed by atoms with Gasteiger partial charge in [-0.05, 0) is 44.1 Å². The topological polar surface area (TPSA) is 40.6 Å². The first-order valence-electron chi connectivity index (χ1n) is 6.87.